The normalized spacial score (nSPS) is 15.6. The first-order valence-corrected chi connectivity index (χ1v) is 18.9. The van der Waals surface area contributed by atoms with Crippen LogP contribution < -0.4 is 0 Å². The van der Waals surface area contributed by atoms with Crippen molar-refractivity contribution in [3.63, 3.8) is 0 Å². The summed E-state index contributed by atoms with van der Waals surface area (Å²) in [6.07, 6.45) is 29.7. The van der Waals surface area contributed by atoms with Gasteiger partial charge in [-0.3, -0.25) is 4.57 Å². The molecular weight excluding hydrogens is 565 g/mol. The molecule has 4 N–H and O–H groups in total. The Morgan fingerprint density at radius 3 is 1.60 bits per heavy atom. The Bertz CT molecular complexity index is 730. The van der Waals surface area contributed by atoms with Crippen LogP contribution >= 0.6 is 7.60 Å². The lowest BCUT2D eigenvalue weighted by atomic mass is 10.1. The van der Waals surface area contributed by atoms with Gasteiger partial charge in [-0.15, -0.1) is 0 Å². The maximum Gasteiger partial charge on any atom is 0.384 e. The molecule has 3 atom stereocenters. The fraction of sp³-hybridized carbons (Fsp3) is 0.882. The molecule has 0 heterocycles. The van der Waals surface area contributed by atoms with Crippen molar-refractivity contribution >= 4 is 7.60 Å². The fourth-order valence-electron chi connectivity index (χ4n) is 4.81. The van der Waals surface area contributed by atoms with Crippen LogP contribution in [-0.2, 0) is 13.8 Å². The molecule has 0 aromatic carbocycles. The Labute approximate surface area is 264 Å². The van der Waals surface area contributed by atoms with Gasteiger partial charge < -0.3 is 34.0 Å². The van der Waals surface area contributed by atoms with E-state index in [0.717, 1.165) is 25.7 Å². The Kier molecular flexibility index (Phi) is 27.3. The van der Waals surface area contributed by atoms with Crippen LogP contribution in [-0.4, -0.2) is 83.3 Å². The lowest BCUT2D eigenvalue weighted by Crippen LogP contribution is -2.48. The molecule has 0 rings (SSSR count). The van der Waals surface area contributed by atoms with Crippen LogP contribution in [0.2, 0.25) is 0 Å². The monoisotopic (exact) mass is 634 g/mol. The zero-order chi connectivity index (χ0) is 32.2. The number of allylic oxidation sites excluding steroid dienone is 4. The maximum absolute atomic E-state index is 12.6. The number of hydrogen-bond donors (Lipinski definition) is 4. The van der Waals surface area contributed by atoms with Gasteiger partial charge >= 0.3 is 7.60 Å². The molecule has 43 heavy (non-hydrogen) atoms. The molecule has 0 aliphatic heterocycles. The van der Waals surface area contributed by atoms with Gasteiger partial charge in [0.2, 0.25) is 0 Å². The van der Waals surface area contributed by atoms with Crippen molar-refractivity contribution in [3.05, 3.63) is 24.3 Å². The second-order valence-corrected chi connectivity index (χ2v) is 14.8. The summed E-state index contributed by atoms with van der Waals surface area (Å²) in [5.41, 5.74) is 0. The second kappa shape index (κ2) is 27.7. The highest BCUT2D eigenvalue weighted by Gasteiger charge is 2.41. The molecular formula is C34H69NO7P+. The molecule has 0 spiro atoms. The summed E-state index contributed by atoms with van der Waals surface area (Å²) in [4.78, 5) is 10.3. The van der Waals surface area contributed by atoms with Crippen molar-refractivity contribution in [1.82, 2.24) is 0 Å². The summed E-state index contributed by atoms with van der Waals surface area (Å²) in [6.45, 7) is 4.45. The molecule has 9 heteroatoms. The van der Waals surface area contributed by atoms with Crippen molar-refractivity contribution in [3.8, 4) is 0 Å². The highest BCUT2D eigenvalue weighted by Crippen LogP contribution is 2.50. The number of aliphatic hydroxyl groups excluding tert-OH is 2. The number of aliphatic hydroxyl groups is 3. The number of rotatable bonds is 31. The summed E-state index contributed by atoms with van der Waals surface area (Å²) in [7, 11) is -0.555. The van der Waals surface area contributed by atoms with Gasteiger partial charge in [0.1, 0.15) is 6.10 Å². The van der Waals surface area contributed by atoms with Crippen molar-refractivity contribution < 1.29 is 38.5 Å². The Balaban J connectivity index is 3.59. The van der Waals surface area contributed by atoms with E-state index in [2.05, 4.69) is 31.2 Å². The van der Waals surface area contributed by atoms with Gasteiger partial charge in [0.15, 0.2) is 12.1 Å². The van der Waals surface area contributed by atoms with E-state index in [9.17, 15) is 14.6 Å². The molecule has 0 aromatic rings. The zero-order valence-electron chi connectivity index (χ0n) is 28.2. The summed E-state index contributed by atoms with van der Waals surface area (Å²) >= 11 is 0. The van der Waals surface area contributed by atoms with E-state index in [0.29, 0.717) is 13.2 Å². The van der Waals surface area contributed by atoms with Gasteiger partial charge in [-0.25, -0.2) is 0 Å². The van der Waals surface area contributed by atoms with Crippen LogP contribution in [0.25, 0.3) is 0 Å². The number of ether oxygens (including phenoxy) is 1. The third-order valence-corrected chi connectivity index (χ3v) is 10.3. The molecule has 2 unspecified atom stereocenters. The van der Waals surface area contributed by atoms with Crippen LogP contribution in [0.5, 0.6) is 0 Å². The second-order valence-electron chi connectivity index (χ2n) is 12.7. The van der Waals surface area contributed by atoms with E-state index in [1.165, 1.54) is 89.9 Å². The minimum Gasteiger partial charge on any atom is -0.388 e. The molecule has 0 aliphatic carbocycles. The minimum atomic E-state index is -4.02. The quantitative estimate of drug-likeness (QED) is 0.0202. The minimum absolute atomic E-state index is 0.0556. The first-order valence-electron chi connectivity index (χ1n) is 17.2. The summed E-state index contributed by atoms with van der Waals surface area (Å²) in [5.74, 6) is -0.782. The van der Waals surface area contributed by atoms with Crippen LogP contribution in [0.15, 0.2) is 24.3 Å². The predicted octanol–water partition coefficient (Wildman–Crippen LogP) is 7.84. The molecule has 0 aliphatic rings. The molecule has 256 valence electrons. The summed E-state index contributed by atoms with van der Waals surface area (Å²) < 4.78 is 23.4. The standard InChI is InChI=1S/C34H68NO7P/c1-5-6-7-8-9-10-11-12-13-14-15-16-17-18-19-20-21-22-23-24-25-26-29-41-30-33(36)31-42-43(39,40)32(2)35(3,4)28-27-34(37)38/h9-10,21-22,32-34,36-38H,5-8,11-20,23-31H2,1-4H3/p+1/b10-9-,22-21-/t32?,33-/m1/s1. The summed E-state index contributed by atoms with van der Waals surface area (Å²) in [5, 5.41) is 28.2. The lowest BCUT2D eigenvalue weighted by molar-refractivity contribution is -0.901. The number of hydrogen-bond acceptors (Lipinski definition) is 6. The highest BCUT2D eigenvalue weighted by molar-refractivity contribution is 7.53. The van der Waals surface area contributed by atoms with E-state index >= 15 is 0 Å². The fourth-order valence-corrected chi connectivity index (χ4v) is 6.32. The third-order valence-electron chi connectivity index (χ3n) is 8.17. The molecule has 0 radical (unpaired) electrons. The van der Waals surface area contributed by atoms with E-state index in [1.807, 2.05) is 0 Å². The van der Waals surface area contributed by atoms with Gasteiger partial charge in [0.05, 0.1) is 33.9 Å². The van der Waals surface area contributed by atoms with Crippen LogP contribution in [0.3, 0.4) is 0 Å². The maximum atomic E-state index is 12.6. The molecule has 0 saturated carbocycles. The molecule has 0 amide bonds. The molecule has 0 saturated heterocycles. The number of unbranched alkanes of at least 4 members (excludes halogenated alkanes) is 15. The Morgan fingerprint density at radius 1 is 0.698 bits per heavy atom. The van der Waals surface area contributed by atoms with Gasteiger partial charge in [0, 0.05) is 13.0 Å². The first-order chi connectivity index (χ1) is 20.5. The number of quaternary nitrogens is 1. The highest BCUT2D eigenvalue weighted by atomic mass is 31.2. The van der Waals surface area contributed by atoms with E-state index < -0.39 is 25.8 Å². The van der Waals surface area contributed by atoms with Crippen molar-refractivity contribution in [1.29, 1.82) is 0 Å². The van der Waals surface area contributed by atoms with Crippen molar-refractivity contribution in [2.75, 3.05) is 40.5 Å². The Hall–Kier alpha value is -0.570. The van der Waals surface area contributed by atoms with Crippen LogP contribution in [0.1, 0.15) is 136 Å². The van der Waals surface area contributed by atoms with Crippen LogP contribution in [0.4, 0.5) is 0 Å². The topological polar surface area (TPSA) is 116 Å². The zero-order valence-corrected chi connectivity index (χ0v) is 29.1. The average molecular weight is 635 g/mol. The molecule has 8 nitrogen and oxygen atoms in total. The van der Waals surface area contributed by atoms with E-state index in [-0.39, 0.29) is 24.1 Å². The smallest absolute Gasteiger partial charge is 0.384 e. The average Bonchev–Trinajstić information content (AvgIpc) is 2.97. The largest absolute Gasteiger partial charge is 0.388 e. The van der Waals surface area contributed by atoms with Crippen LogP contribution in [0, 0.1) is 0 Å². The number of nitrogens with zero attached hydrogens (tertiary/aromatic N) is 1. The Morgan fingerprint density at radius 2 is 1.14 bits per heavy atom. The van der Waals surface area contributed by atoms with Gasteiger partial charge in [-0.2, -0.15) is 0 Å². The van der Waals surface area contributed by atoms with Crippen molar-refractivity contribution in [2.24, 2.45) is 0 Å². The third kappa shape index (κ3) is 26.4. The first kappa shape index (κ1) is 42.4. The summed E-state index contributed by atoms with van der Waals surface area (Å²) in [6, 6.07) is 0. The SMILES string of the molecule is CCCCC/C=C\CCCCCCCCCC/C=C\CCCCCOC[C@@H](O)COP(=O)(O)C(C)[N+](C)(C)CCC(O)O. The van der Waals surface area contributed by atoms with Gasteiger partial charge in [0.25, 0.3) is 0 Å². The van der Waals surface area contributed by atoms with Gasteiger partial charge in [-0.05, 0) is 64.7 Å². The lowest BCUT2D eigenvalue weighted by Gasteiger charge is -2.37. The molecule has 0 fully saturated rings. The molecule has 0 bridgehead atoms. The van der Waals surface area contributed by atoms with E-state index in [4.69, 9.17) is 19.5 Å². The predicted molar refractivity (Wildman–Crippen MR) is 179 cm³/mol. The van der Waals surface area contributed by atoms with Crippen molar-refractivity contribution in [2.45, 2.75) is 154 Å². The van der Waals surface area contributed by atoms with Gasteiger partial charge in [-0.1, -0.05) is 89.0 Å². The molecule has 0 aromatic heterocycles. The van der Waals surface area contributed by atoms with E-state index in [1.54, 1.807) is 21.0 Å².